The van der Waals surface area contributed by atoms with E-state index in [0.717, 1.165) is 16.3 Å². The molecule has 0 saturated carbocycles. The summed E-state index contributed by atoms with van der Waals surface area (Å²) >= 11 is 0. The Bertz CT molecular complexity index is 981. The zero-order chi connectivity index (χ0) is 17.2. The van der Waals surface area contributed by atoms with Gasteiger partial charge in [-0.25, -0.2) is 8.42 Å². The van der Waals surface area contributed by atoms with Crippen LogP contribution in [-0.4, -0.2) is 15.0 Å². The summed E-state index contributed by atoms with van der Waals surface area (Å²) in [6, 6.07) is 18.4. The van der Waals surface area contributed by atoms with Gasteiger partial charge < -0.3 is 4.74 Å². The smallest absolute Gasteiger partial charge is 0.265 e. The Labute approximate surface area is 142 Å². The molecule has 0 aliphatic heterocycles. The normalized spacial score (nSPS) is 11.4. The van der Waals surface area contributed by atoms with Gasteiger partial charge in [0, 0.05) is 5.69 Å². The van der Waals surface area contributed by atoms with Crippen LogP contribution in [0.2, 0.25) is 0 Å². The molecule has 0 spiro atoms. The SMILES string of the molecule is CCOc1ccc(C)cc1S(=O)(=O)Nc1ccc2ccccc2c1. The number of fused-ring (bicyclic) bond motifs is 1. The molecule has 0 aliphatic carbocycles. The summed E-state index contributed by atoms with van der Waals surface area (Å²) in [4.78, 5) is 0.150. The lowest BCUT2D eigenvalue weighted by Crippen LogP contribution is -2.14. The molecule has 5 heteroatoms. The second-order valence-electron chi connectivity index (χ2n) is 5.55. The highest BCUT2D eigenvalue weighted by Crippen LogP contribution is 2.28. The fourth-order valence-electron chi connectivity index (χ4n) is 2.56. The highest BCUT2D eigenvalue weighted by Gasteiger charge is 2.20. The van der Waals surface area contributed by atoms with E-state index in [0.29, 0.717) is 18.0 Å². The molecule has 0 saturated heterocycles. The molecule has 0 radical (unpaired) electrons. The number of ether oxygens (including phenoxy) is 1. The van der Waals surface area contributed by atoms with Crippen molar-refractivity contribution >= 4 is 26.5 Å². The molecule has 124 valence electrons. The summed E-state index contributed by atoms with van der Waals surface area (Å²) in [5.41, 5.74) is 1.38. The highest BCUT2D eigenvalue weighted by atomic mass is 32.2. The Morgan fingerprint density at radius 2 is 1.71 bits per heavy atom. The zero-order valence-electron chi connectivity index (χ0n) is 13.6. The number of nitrogens with one attached hydrogen (secondary N) is 1. The Hall–Kier alpha value is -2.53. The molecule has 3 rings (SSSR count). The summed E-state index contributed by atoms with van der Waals surface area (Å²) in [6.07, 6.45) is 0. The second-order valence-corrected chi connectivity index (χ2v) is 7.20. The first-order chi connectivity index (χ1) is 11.5. The van der Waals surface area contributed by atoms with Gasteiger partial charge in [0.25, 0.3) is 10.0 Å². The number of sulfonamides is 1. The van der Waals surface area contributed by atoms with Crippen molar-refractivity contribution in [1.82, 2.24) is 0 Å². The predicted molar refractivity (Wildman–Crippen MR) is 97.1 cm³/mol. The van der Waals surface area contributed by atoms with Gasteiger partial charge >= 0.3 is 0 Å². The number of hydrogen-bond acceptors (Lipinski definition) is 3. The van der Waals surface area contributed by atoms with E-state index < -0.39 is 10.0 Å². The molecule has 3 aromatic rings. The molecule has 0 bridgehead atoms. The maximum Gasteiger partial charge on any atom is 0.265 e. The van der Waals surface area contributed by atoms with Crippen molar-refractivity contribution in [3.63, 3.8) is 0 Å². The molecule has 4 nitrogen and oxygen atoms in total. The monoisotopic (exact) mass is 341 g/mol. The van der Waals surface area contributed by atoms with Crippen molar-refractivity contribution in [2.45, 2.75) is 18.7 Å². The van der Waals surface area contributed by atoms with Gasteiger partial charge in [0.2, 0.25) is 0 Å². The molecule has 3 aromatic carbocycles. The van der Waals surface area contributed by atoms with Crippen molar-refractivity contribution in [2.75, 3.05) is 11.3 Å². The molecule has 0 unspecified atom stereocenters. The maximum absolute atomic E-state index is 12.8. The van der Waals surface area contributed by atoms with Gasteiger partial charge in [-0.05, 0) is 54.4 Å². The second kappa shape index (κ2) is 6.53. The van der Waals surface area contributed by atoms with Crippen LogP contribution in [0.4, 0.5) is 5.69 Å². The average molecular weight is 341 g/mol. The third-order valence-corrected chi connectivity index (χ3v) is 5.09. The van der Waals surface area contributed by atoms with Crippen molar-refractivity contribution in [3.05, 3.63) is 66.2 Å². The van der Waals surface area contributed by atoms with Crippen LogP contribution in [0.5, 0.6) is 5.75 Å². The van der Waals surface area contributed by atoms with Gasteiger partial charge in [-0.15, -0.1) is 0 Å². The van der Waals surface area contributed by atoms with Gasteiger partial charge in [-0.1, -0.05) is 36.4 Å². The van der Waals surface area contributed by atoms with Gasteiger partial charge in [-0.2, -0.15) is 0 Å². The fourth-order valence-corrected chi connectivity index (χ4v) is 3.84. The standard InChI is InChI=1S/C19H19NO3S/c1-3-23-18-11-8-14(2)12-19(18)24(21,22)20-17-10-9-15-6-4-5-7-16(15)13-17/h4-13,20H,3H2,1-2H3. The molecular weight excluding hydrogens is 322 g/mol. The summed E-state index contributed by atoms with van der Waals surface area (Å²) in [7, 11) is -3.73. The van der Waals surface area contributed by atoms with E-state index in [1.54, 1.807) is 18.2 Å². The Balaban J connectivity index is 1.99. The Morgan fingerprint density at radius 1 is 0.958 bits per heavy atom. The molecule has 0 aromatic heterocycles. The lowest BCUT2D eigenvalue weighted by Gasteiger charge is -2.13. The first-order valence-corrected chi connectivity index (χ1v) is 9.23. The van der Waals surface area contributed by atoms with Crippen LogP contribution in [0.1, 0.15) is 12.5 Å². The van der Waals surface area contributed by atoms with E-state index >= 15 is 0 Å². The molecule has 0 amide bonds. The van der Waals surface area contributed by atoms with E-state index in [9.17, 15) is 8.42 Å². The number of anilines is 1. The number of hydrogen-bond donors (Lipinski definition) is 1. The van der Waals surface area contributed by atoms with E-state index in [2.05, 4.69) is 4.72 Å². The first kappa shape index (κ1) is 16.3. The number of rotatable bonds is 5. The van der Waals surface area contributed by atoms with Crippen LogP contribution in [-0.2, 0) is 10.0 Å². The first-order valence-electron chi connectivity index (χ1n) is 7.74. The zero-order valence-corrected chi connectivity index (χ0v) is 14.4. The van der Waals surface area contributed by atoms with E-state index in [1.165, 1.54) is 0 Å². The van der Waals surface area contributed by atoms with Crippen LogP contribution in [0, 0.1) is 6.92 Å². The van der Waals surface area contributed by atoms with Crippen molar-refractivity contribution in [2.24, 2.45) is 0 Å². The number of aryl methyl sites for hydroxylation is 1. The minimum atomic E-state index is -3.73. The summed E-state index contributed by atoms with van der Waals surface area (Å²) in [5.74, 6) is 0.358. The summed E-state index contributed by atoms with van der Waals surface area (Å²) in [6.45, 7) is 4.08. The van der Waals surface area contributed by atoms with Gasteiger partial charge in [-0.3, -0.25) is 4.72 Å². The lowest BCUT2D eigenvalue weighted by molar-refractivity contribution is 0.331. The van der Waals surface area contributed by atoms with E-state index in [4.69, 9.17) is 4.74 Å². The van der Waals surface area contributed by atoms with Crippen LogP contribution >= 0.6 is 0 Å². The highest BCUT2D eigenvalue weighted by molar-refractivity contribution is 7.92. The molecule has 1 N–H and O–H groups in total. The van der Waals surface area contributed by atoms with Crippen molar-refractivity contribution in [1.29, 1.82) is 0 Å². The third-order valence-electron chi connectivity index (χ3n) is 3.69. The van der Waals surface area contributed by atoms with Crippen LogP contribution in [0.25, 0.3) is 10.8 Å². The van der Waals surface area contributed by atoms with Crippen LogP contribution < -0.4 is 9.46 Å². The molecule has 0 aliphatic rings. The molecule has 24 heavy (non-hydrogen) atoms. The fraction of sp³-hybridized carbons (Fsp3) is 0.158. The Morgan fingerprint density at radius 3 is 2.46 bits per heavy atom. The molecular formula is C19H19NO3S. The van der Waals surface area contributed by atoms with E-state index in [1.807, 2.05) is 56.3 Å². The largest absolute Gasteiger partial charge is 0.492 e. The minimum Gasteiger partial charge on any atom is -0.492 e. The van der Waals surface area contributed by atoms with Crippen LogP contribution in [0.15, 0.2) is 65.6 Å². The molecule has 0 atom stereocenters. The Kier molecular flexibility index (Phi) is 4.44. The van der Waals surface area contributed by atoms with Crippen molar-refractivity contribution < 1.29 is 13.2 Å². The van der Waals surface area contributed by atoms with E-state index in [-0.39, 0.29) is 4.90 Å². The average Bonchev–Trinajstić information content (AvgIpc) is 2.56. The number of benzene rings is 3. The van der Waals surface area contributed by atoms with Gasteiger partial charge in [0.1, 0.15) is 10.6 Å². The van der Waals surface area contributed by atoms with Gasteiger partial charge in [0.15, 0.2) is 0 Å². The molecule has 0 fully saturated rings. The quantitative estimate of drug-likeness (QED) is 0.751. The van der Waals surface area contributed by atoms with Crippen LogP contribution in [0.3, 0.4) is 0 Å². The lowest BCUT2D eigenvalue weighted by atomic mass is 10.1. The molecule has 0 heterocycles. The van der Waals surface area contributed by atoms with Gasteiger partial charge in [0.05, 0.1) is 6.61 Å². The van der Waals surface area contributed by atoms with Crippen molar-refractivity contribution in [3.8, 4) is 5.75 Å². The summed E-state index contributed by atoms with van der Waals surface area (Å²) in [5, 5.41) is 2.04. The predicted octanol–water partition coefficient (Wildman–Crippen LogP) is 4.35. The third kappa shape index (κ3) is 3.36. The topological polar surface area (TPSA) is 55.4 Å². The minimum absolute atomic E-state index is 0.150. The summed E-state index contributed by atoms with van der Waals surface area (Å²) < 4.78 is 33.7. The maximum atomic E-state index is 12.8.